The number of benzene rings is 15. The van der Waals surface area contributed by atoms with Crippen molar-refractivity contribution >= 4 is 87.2 Å². The summed E-state index contributed by atoms with van der Waals surface area (Å²) in [4.78, 5) is 16.0. The van der Waals surface area contributed by atoms with Crippen molar-refractivity contribution in [3.63, 3.8) is 0 Å². The van der Waals surface area contributed by atoms with Crippen LogP contribution in [0.4, 0.5) is 0 Å². The number of rotatable bonds is 11. The predicted molar refractivity (Wildman–Crippen MR) is 415 cm³/mol. The minimum absolute atomic E-state index is 0.569. The molecule has 5 heterocycles. The maximum absolute atomic E-state index is 5.43. The van der Waals surface area contributed by atoms with Gasteiger partial charge in [-0.25, -0.2) is 15.0 Å². The molecule has 0 bridgehead atoms. The molecule has 0 fully saturated rings. The minimum Gasteiger partial charge on any atom is -0.309 e. The maximum Gasteiger partial charge on any atom is 0.164 e. The zero-order valence-electron chi connectivity index (χ0n) is 54.2. The van der Waals surface area contributed by atoms with Crippen LogP contribution >= 0.6 is 0 Å². The molecule has 0 atom stereocenters. The van der Waals surface area contributed by atoms with Crippen molar-refractivity contribution < 1.29 is 0 Å². The standard InChI is InChI=1S/C93H59N7/c1-5-24-60(25-6-1)62-44-48-64(49-45-62)78-56-68(93-95-91(66-28-9-3-10-29-66)94-92(96-93)67-30-11-4-12-31-67)57-79(65-50-46-63(47-51-65)61-26-7-2-8-27-61)90(78)100-84-41-22-17-36-77(84)89-85(42-23-43-86(89)100)99-87-58-69(97-80-37-18-13-32-71(80)72-33-14-19-38-81(72)97)52-54-75(87)76-55-53-70(59-88(76)99)98-82-39-20-15-34-73(82)74-35-16-21-40-83(74)98/h1-59H. The molecular formula is C93H59N7. The largest absolute Gasteiger partial charge is 0.309 e. The number of para-hydroxylation sites is 5. The van der Waals surface area contributed by atoms with E-state index in [4.69, 9.17) is 15.0 Å². The van der Waals surface area contributed by atoms with Crippen LogP contribution < -0.4 is 0 Å². The molecule has 5 aromatic heterocycles. The molecule has 0 aliphatic carbocycles. The third-order valence-corrected chi connectivity index (χ3v) is 20.2. The van der Waals surface area contributed by atoms with Crippen molar-refractivity contribution in [1.82, 2.24) is 33.2 Å². The van der Waals surface area contributed by atoms with Gasteiger partial charge in [-0.1, -0.05) is 279 Å². The third-order valence-electron chi connectivity index (χ3n) is 20.2. The van der Waals surface area contributed by atoms with Crippen molar-refractivity contribution in [3.8, 4) is 101 Å². The van der Waals surface area contributed by atoms with Crippen molar-refractivity contribution in [2.45, 2.75) is 0 Å². The topological polar surface area (TPSA) is 58.4 Å². The number of nitrogens with zero attached hydrogens (tertiary/aromatic N) is 7. The van der Waals surface area contributed by atoms with Gasteiger partial charge in [0.15, 0.2) is 17.5 Å². The van der Waals surface area contributed by atoms with E-state index >= 15 is 0 Å². The van der Waals surface area contributed by atoms with E-state index in [1.807, 2.05) is 36.4 Å². The molecule has 0 spiro atoms. The molecule has 0 radical (unpaired) electrons. The Hall–Kier alpha value is -13.5. The van der Waals surface area contributed by atoms with Crippen molar-refractivity contribution in [2.24, 2.45) is 0 Å². The van der Waals surface area contributed by atoms with Crippen molar-refractivity contribution in [3.05, 3.63) is 358 Å². The molecule has 0 aliphatic rings. The molecule has 100 heavy (non-hydrogen) atoms. The van der Waals surface area contributed by atoms with Crippen LogP contribution in [0.15, 0.2) is 358 Å². The van der Waals surface area contributed by atoms with E-state index < -0.39 is 0 Å². The molecule has 20 aromatic rings. The van der Waals surface area contributed by atoms with Gasteiger partial charge in [0.2, 0.25) is 0 Å². The number of hydrogen-bond donors (Lipinski definition) is 0. The summed E-state index contributed by atoms with van der Waals surface area (Å²) < 4.78 is 9.98. The molecule has 0 saturated carbocycles. The number of aromatic nitrogens is 7. The van der Waals surface area contributed by atoms with E-state index in [1.54, 1.807) is 0 Å². The smallest absolute Gasteiger partial charge is 0.164 e. The Morgan fingerprint density at radius 3 is 0.900 bits per heavy atom. The average molecular weight is 1270 g/mol. The summed E-state index contributed by atoms with van der Waals surface area (Å²) >= 11 is 0. The zero-order chi connectivity index (χ0) is 65.8. The van der Waals surface area contributed by atoms with Crippen molar-refractivity contribution in [1.29, 1.82) is 0 Å². The molecular weight excluding hydrogens is 1220 g/mol. The average Bonchev–Trinajstić information content (AvgIpc) is 1.54. The van der Waals surface area contributed by atoms with Gasteiger partial charge in [-0.05, 0) is 112 Å². The maximum atomic E-state index is 5.43. The predicted octanol–water partition coefficient (Wildman–Crippen LogP) is 23.9. The zero-order valence-corrected chi connectivity index (χ0v) is 54.2. The third kappa shape index (κ3) is 9.17. The molecule has 7 nitrogen and oxygen atoms in total. The van der Waals surface area contributed by atoms with Crippen LogP contribution in [-0.4, -0.2) is 33.2 Å². The summed E-state index contributed by atoms with van der Waals surface area (Å²) in [7, 11) is 0. The number of fused-ring (bicyclic) bond motifs is 12. The SMILES string of the molecule is c1ccc(-c2ccc(-c3cc(-c4nc(-c5ccccc5)nc(-c5ccccc5)n4)cc(-c4ccc(-c5ccccc5)cc4)c3-n3c4ccccc4c4c(-n5c6cc(-n7c8ccccc8c8ccccc87)ccc6c6ccc(-n7c8ccccc8c8ccccc87)cc65)cccc43)cc2)cc1. The van der Waals surface area contributed by atoms with Crippen LogP contribution in [0.25, 0.3) is 189 Å². The molecule has 466 valence electrons. The lowest BCUT2D eigenvalue weighted by Crippen LogP contribution is -2.04. The Labute approximate surface area is 576 Å². The first-order valence-corrected chi connectivity index (χ1v) is 34.1. The van der Waals surface area contributed by atoms with Gasteiger partial charge in [0, 0.05) is 82.3 Å². The molecule has 0 unspecified atom stereocenters. The summed E-state index contributed by atoms with van der Waals surface area (Å²) in [6.45, 7) is 0. The second-order valence-corrected chi connectivity index (χ2v) is 25.8. The van der Waals surface area contributed by atoms with E-state index in [9.17, 15) is 0 Å². The summed E-state index contributed by atoms with van der Waals surface area (Å²) in [5.74, 6) is 1.76. The molecule has 7 heteroatoms. The second-order valence-electron chi connectivity index (χ2n) is 25.8. The van der Waals surface area contributed by atoms with Crippen LogP contribution in [0.5, 0.6) is 0 Å². The highest BCUT2D eigenvalue weighted by molar-refractivity contribution is 6.19. The Morgan fingerprint density at radius 1 is 0.180 bits per heavy atom. The Kier molecular flexibility index (Phi) is 13.1. The van der Waals surface area contributed by atoms with E-state index in [0.29, 0.717) is 17.5 Å². The minimum atomic E-state index is 0.569. The van der Waals surface area contributed by atoms with Gasteiger partial charge < -0.3 is 18.3 Å². The first kappa shape index (κ1) is 56.8. The fraction of sp³-hybridized carbons (Fsp3) is 0. The summed E-state index contributed by atoms with van der Waals surface area (Å²) in [5, 5.41) is 9.46. The second kappa shape index (κ2) is 23.1. The van der Waals surface area contributed by atoms with Crippen LogP contribution in [-0.2, 0) is 0 Å². The summed E-state index contributed by atoms with van der Waals surface area (Å²) in [6, 6.07) is 130. The van der Waals surface area contributed by atoms with Crippen LogP contribution in [0.2, 0.25) is 0 Å². The van der Waals surface area contributed by atoms with Gasteiger partial charge in [-0.2, -0.15) is 0 Å². The van der Waals surface area contributed by atoms with E-state index in [2.05, 4.69) is 340 Å². The van der Waals surface area contributed by atoms with Crippen LogP contribution in [0.3, 0.4) is 0 Å². The highest BCUT2D eigenvalue weighted by Gasteiger charge is 2.27. The van der Waals surface area contributed by atoms with E-state index in [0.717, 1.165) is 150 Å². The first-order valence-electron chi connectivity index (χ1n) is 34.1. The van der Waals surface area contributed by atoms with Gasteiger partial charge >= 0.3 is 0 Å². The first-order chi connectivity index (χ1) is 49.6. The Balaban J connectivity index is 0.895. The fourth-order valence-electron chi connectivity index (χ4n) is 15.7. The summed E-state index contributed by atoms with van der Waals surface area (Å²) in [5.41, 5.74) is 24.6. The van der Waals surface area contributed by atoms with Gasteiger partial charge in [-0.3, -0.25) is 0 Å². The van der Waals surface area contributed by atoms with Crippen molar-refractivity contribution in [2.75, 3.05) is 0 Å². The van der Waals surface area contributed by atoms with Gasteiger partial charge in [0.05, 0.1) is 55.5 Å². The van der Waals surface area contributed by atoms with Gasteiger partial charge in [0.1, 0.15) is 0 Å². The highest BCUT2D eigenvalue weighted by Crippen LogP contribution is 2.48. The molecule has 0 saturated heterocycles. The molecule has 0 N–H and O–H groups in total. The van der Waals surface area contributed by atoms with Crippen LogP contribution in [0.1, 0.15) is 0 Å². The lowest BCUT2D eigenvalue weighted by atomic mass is 9.91. The lowest BCUT2D eigenvalue weighted by Gasteiger charge is -2.21. The molecule has 20 rings (SSSR count). The monoisotopic (exact) mass is 1270 g/mol. The normalized spacial score (nSPS) is 11.8. The number of hydrogen-bond acceptors (Lipinski definition) is 3. The van der Waals surface area contributed by atoms with Crippen LogP contribution in [0, 0.1) is 0 Å². The highest BCUT2D eigenvalue weighted by atomic mass is 15.1. The van der Waals surface area contributed by atoms with Gasteiger partial charge in [0.25, 0.3) is 0 Å². The Morgan fingerprint density at radius 2 is 0.490 bits per heavy atom. The molecule has 0 amide bonds. The van der Waals surface area contributed by atoms with E-state index in [-0.39, 0.29) is 0 Å². The summed E-state index contributed by atoms with van der Waals surface area (Å²) in [6.07, 6.45) is 0. The molecule has 15 aromatic carbocycles. The van der Waals surface area contributed by atoms with E-state index in [1.165, 1.54) is 21.5 Å². The fourth-order valence-corrected chi connectivity index (χ4v) is 15.7. The molecule has 0 aliphatic heterocycles. The van der Waals surface area contributed by atoms with Gasteiger partial charge in [-0.15, -0.1) is 0 Å². The quantitative estimate of drug-likeness (QED) is 0.130. The lowest BCUT2D eigenvalue weighted by molar-refractivity contribution is 1.07. The Bertz CT molecular complexity index is 6160.